The molecule has 0 fully saturated rings. The minimum Gasteiger partial charge on any atom is -0.495 e. The predicted molar refractivity (Wildman–Crippen MR) is 110 cm³/mol. The summed E-state index contributed by atoms with van der Waals surface area (Å²) in [5, 5.41) is 5.44. The number of hydrogen-bond donors (Lipinski definition) is 2. The zero-order valence-corrected chi connectivity index (χ0v) is 17.2. The summed E-state index contributed by atoms with van der Waals surface area (Å²) in [7, 11) is 1.50. The Kier molecular flexibility index (Phi) is 6.47. The van der Waals surface area contributed by atoms with Crippen LogP contribution in [0.25, 0.3) is 0 Å². The van der Waals surface area contributed by atoms with E-state index >= 15 is 0 Å². The Morgan fingerprint density at radius 3 is 2.23 bits per heavy atom. The molecule has 2 rings (SSSR count). The van der Waals surface area contributed by atoms with E-state index < -0.39 is 11.7 Å². The third-order valence-corrected chi connectivity index (χ3v) is 3.92. The molecule has 0 saturated heterocycles. The third kappa shape index (κ3) is 5.91. The van der Waals surface area contributed by atoms with Gasteiger partial charge in [-0.05, 0) is 85.8 Å². The maximum absolute atomic E-state index is 12.3. The monoisotopic (exact) mass is 468 g/mol. The molecule has 2 aromatic carbocycles. The van der Waals surface area contributed by atoms with E-state index in [1.807, 2.05) is 12.1 Å². The van der Waals surface area contributed by atoms with E-state index in [4.69, 9.17) is 9.47 Å². The molecule has 26 heavy (non-hydrogen) atoms. The largest absolute Gasteiger partial charge is 0.495 e. The Labute approximate surface area is 166 Å². The van der Waals surface area contributed by atoms with Gasteiger partial charge in [0.2, 0.25) is 0 Å². The smallest absolute Gasteiger partial charge is 0.412 e. The number of carbonyl (C=O) groups is 2. The lowest BCUT2D eigenvalue weighted by Gasteiger charge is -2.20. The van der Waals surface area contributed by atoms with Gasteiger partial charge in [-0.2, -0.15) is 0 Å². The number of halogens is 1. The Bertz CT molecular complexity index is 798. The van der Waals surface area contributed by atoms with Crippen LogP contribution in [0.15, 0.2) is 42.5 Å². The molecule has 0 aliphatic heterocycles. The van der Waals surface area contributed by atoms with Crippen LogP contribution in [0.3, 0.4) is 0 Å². The summed E-state index contributed by atoms with van der Waals surface area (Å²) in [4.78, 5) is 24.4. The summed E-state index contributed by atoms with van der Waals surface area (Å²) in [6, 6.07) is 12.2. The number of nitrogens with one attached hydrogen (secondary N) is 2. The number of hydrogen-bond acceptors (Lipinski definition) is 4. The highest BCUT2D eigenvalue weighted by molar-refractivity contribution is 14.1. The molecule has 2 N–H and O–H groups in total. The molecule has 2 amide bonds. The van der Waals surface area contributed by atoms with Gasteiger partial charge < -0.3 is 14.8 Å². The number of anilines is 2. The molecule has 0 radical (unpaired) electrons. The zero-order chi connectivity index (χ0) is 19.3. The summed E-state index contributed by atoms with van der Waals surface area (Å²) >= 11 is 2.18. The van der Waals surface area contributed by atoms with Gasteiger partial charge in [0.25, 0.3) is 5.91 Å². The van der Waals surface area contributed by atoms with Crippen LogP contribution < -0.4 is 15.4 Å². The van der Waals surface area contributed by atoms with Gasteiger partial charge >= 0.3 is 6.09 Å². The lowest BCUT2D eigenvalue weighted by atomic mass is 10.2. The standard InChI is InChI=1S/C19H21IN2O4/c1-19(2,3)26-18(24)22-15-11-14(9-10-16(15)25-4)21-17(23)12-5-7-13(20)8-6-12/h5-11H,1-4H3,(H,21,23)(H,22,24). The van der Waals surface area contributed by atoms with Crippen molar-refractivity contribution in [1.29, 1.82) is 0 Å². The Balaban J connectivity index is 2.16. The van der Waals surface area contributed by atoms with Gasteiger partial charge in [0, 0.05) is 14.8 Å². The highest BCUT2D eigenvalue weighted by Gasteiger charge is 2.18. The molecule has 0 spiro atoms. The van der Waals surface area contributed by atoms with Crippen LogP contribution in [0.1, 0.15) is 31.1 Å². The van der Waals surface area contributed by atoms with Gasteiger partial charge in [0.05, 0.1) is 12.8 Å². The topological polar surface area (TPSA) is 76.7 Å². The van der Waals surface area contributed by atoms with Gasteiger partial charge in [-0.15, -0.1) is 0 Å². The van der Waals surface area contributed by atoms with Crippen LogP contribution in [-0.4, -0.2) is 24.7 Å². The first-order valence-corrected chi connectivity index (χ1v) is 9.01. The molecule has 6 nitrogen and oxygen atoms in total. The molecule has 0 aromatic heterocycles. The number of rotatable bonds is 4. The Morgan fingerprint density at radius 2 is 1.65 bits per heavy atom. The quantitative estimate of drug-likeness (QED) is 0.626. The maximum Gasteiger partial charge on any atom is 0.412 e. The highest BCUT2D eigenvalue weighted by Crippen LogP contribution is 2.28. The van der Waals surface area contributed by atoms with Crippen LogP contribution in [0.4, 0.5) is 16.2 Å². The van der Waals surface area contributed by atoms with Crippen molar-refractivity contribution in [2.75, 3.05) is 17.7 Å². The Hall–Kier alpha value is -2.29. The van der Waals surface area contributed by atoms with E-state index in [9.17, 15) is 9.59 Å². The van der Waals surface area contributed by atoms with Crippen molar-refractivity contribution in [3.8, 4) is 5.75 Å². The molecule has 0 aliphatic rings. The van der Waals surface area contributed by atoms with E-state index in [-0.39, 0.29) is 5.91 Å². The molecule has 0 bridgehead atoms. The second kappa shape index (κ2) is 8.39. The van der Waals surface area contributed by atoms with E-state index in [1.165, 1.54) is 7.11 Å². The number of carbonyl (C=O) groups excluding carboxylic acids is 2. The molecule has 0 aliphatic carbocycles. The van der Waals surface area contributed by atoms with E-state index in [1.54, 1.807) is 51.1 Å². The number of methoxy groups -OCH3 is 1. The molecule has 2 aromatic rings. The first-order valence-electron chi connectivity index (χ1n) is 7.93. The molecule has 0 heterocycles. The Morgan fingerprint density at radius 1 is 1.00 bits per heavy atom. The highest BCUT2D eigenvalue weighted by atomic mass is 127. The summed E-state index contributed by atoms with van der Waals surface area (Å²) in [5.74, 6) is 0.220. The van der Waals surface area contributed by atoms with Crippen molar-refractivity contribution in [2.45, 2.75) is 26.4 Å². The van der Waals surface area contributed by atoms with Crippen LogP contribution in [-0.2, 0) is 4.74 Å². The first-order chi connectivity index (χ1) is 12.2. The van der Waals surface area contributed by atoms with E-state index in [0.717, 1.165) is 3.57 Å². The molecular formula is C19H21IN2O4. The van der Waals surface area contributed by atoms with Crippen molar-refractivity contribution in [3.05, 3.63) is 51.6 Å². The molecule has 0 unspecified atom stereocenters. The van der Waals surface area contributed by atoms with Crippen LogP contribution in [0.2, 0.25) is 0 Å². The predicted octanol–water partition coefficient (Wildman–Crippen LogP) is 4.90. The molecular weight excluding hydrogens is 447 g/mol. The van der Waals surface area contributed by atoms with E-state index in [0.29, 0.717) is 22.7 Å². The minimum atomic E-state index is -0.617. The maximum atomic E-state index is 12.3. The van der Waals surface area contributed by atoms with Gasteiger partial charge in [-0.25, -0.2) is 4.79 Å². The van der Waals surface area contributed by atoms with Crippen molar-refractivity contribution in [3.63, 3.8) is 0 Å². The molecule has 0 saturated carbocycles. The lowest BCUT2D eigenvalue weighted by Crippen LogP contribution is -2.27. The van der Waals surface area contributed by atoms with Crippen LogP contribution >= 0.6 is 22.6 Å². The summed E-state index contributed by atoms with van der Waals surface area (Å²) in [6.07, 6.45) is -0.600. The van der Waals surface area contributed by atoms with Gasteiger partial charge in [-0.3, -0.25) is 10.1 Å². The summed E-state index contributed by atoms with van der Waals surface area (Å²) < 4.78 is 11.5. The number of amides is 2. The van der Waals surface area contributed by atoms with Crippen molar-refractivity contribution in [1.82, 2.24) is 0 Å². The summed E-state index contributed by atoms with van der Waals surface area (Å²) in [6.45, 7) is 5.34. The van der Waals surface area contributed by atoms with Gasteiger partial charge in [0.1, 0.15) is 11.4 Å². The second-order valence-corrected chi connectivity index (χ2v) is 7.75. The first kappa shape index (κ1) is 20.0. The van der Waals surface area contributed by atoms with Gasteiger partial charge in [-0.1, -0.05) is 0 Å². The van der Waals surface area contributed by atoms with Crippen molar-refractivity contribution >= 4 is 46.0 Å². The molecule has 138 valence electrons. The fourth-order valence-electron chi connectivity index (χ4n) is 2.10. The number of benzene rings is 2. The lowest BCUT2D eigenvalue weighted by molar-refractivity contribution is 0.0635. The van der Waals surface area contributed by atoms with E-state index in [2.05, 4.69) is 33.2 Å². The van der Waals surface area contributed by atoms with Crippen LogP contribution in [0, 0.1) is 3.57 Å². The fourth-order valence-corrected chi connectivity index (χ4v) is 2.46. The fraction of sp³-hybridized carbons (Fsp3) is 0.263. The molecule has 0 atom stereocenters. The third-order valence-electron chi connectivity index (χ3n) is 3.20. The van der Waals surface area contributed by atoms with Crippen molar-refractivity contribution in [2.24, 2.45) is 0 Å². The van der Waals surface area contributed by atoms with Crippen LogP contribution in [0.5, 0.6) is 5.75 Å². The normalized spacial score (nSPS) is 10.8. The van der Waals surface area contributed by atoms with Gasteiger partial charge in [0.15, 0.2) is 0 Å². The minimum absolute atomic E-state index is 0.241. The number of ether oxygens (including phenoxy) is 2. The SMILES string of the molecule is COc1ccc(NC(=O)c2ccc(I)cc2)cc1NC(=O)OC(C)(C)C. The average molecular weight is 468 g/mol. The average Bonchev–Trinajstić information content (AvgIpc) is 2.54. The second-order valence-electron chi connectivity index (χ2n) is 6.50. The summed E-state index contributed by atoms with van der Waals surface area (Å²) in [5.41, 5.74) is 0.860. The van der Waals surface area contributed by atoms with Crippen molar-refractivity contribution < 1.29 is 19.1 Å². The zero-order valence-electron chi connectivity index (χ0n) is 15.1. The molecule has 7 heteroatoms.